The lowest BCUT2D eigenvalue weighted by molar-refractivity contribution is -0.644. The number of aryl methyl sites for hydroxylation is 2. The minimum absolute atomic E-state index is 1.10. The molecule has 0 saturated heterocycles. The lowest BCUT2D eigenvalue weighted by Gasteiger charge is -1.92. The minimum atomic E-state index is 1.10. The highest BCUT2D eigenvalue weighted by molar-refractivity contribution is 5.33. The Morgan fingerprint density at radius 3 is 3.00 bits per heavy atom. The molecule has 2 rings (SSSR count). The lowest BCUT2D eigenvalue weighted by atomic mass is 10.2. The predicted molar refractivity (Wildman–Crippen MR) is 48.0 cm³/mol. The monoisotopic (exact) mass is 161 g/mol. The quantitative estimate of drug-likeness (QED) is 0.558. The summed E-state index contributed by atoms with van der Waals surface area (Å²) in [5.74, 6) is 0. The summed E-state index contributed by atoms with van der Waals surface area (Å²) in [5, 5.41) is 0. The van der Waals surface area contributed by atoms with E-state index in [4.69, 9.17) is 0 Å². The fourth-order valence-corrected chi connectivity index (χ4v) is 1.43. The first-order valence-corrected chi connectivity index (χ1v) is 4.26. The maximum absolute atomic E-state index is 2.18. The van der Waals surface area contributed by atoms with Gasteiger partial charge in [0.2, 0.25) is 0 Å². The number of imidazole rings is 1. The van der Waals surface area contributed by atoms with Crippen molar-refractivity contribution in [3.05, 3.63) is 36.3 Å². The molecule has 2 heterocycles. The largest absolute Gasteiger partial charge is 0.285 e. The van der Waals surface area contributed by atoms with Crippen LogP contribution in [0.3, 0.4) is 0 Å². The molecule has 0 atom stereocenters. The zero-order valence-corrected chi connectivity index (χ0v) is 7.49. The minimum Gasteiger partial charge on any atom is -0.233 e. The van der Waals surface area contributed by atoms with Crippen molar-refractivity contribution in [2.45, 2.75) is 13.3 Å². The number of aromatic nitrogens is 2. The summed E-state index contributed by atoms with van der Waals surface area (Å²) < 4.78 is 4.26. The van der Waals surface area contributed by atoms with Crippen molar-refractivity contribution < 1.29 is 4.57 Å². The lowest BCUT2D eigenvalue weighted by Crippen LogP contribution is -2.25. The van der Waals surface area contributed by atoms with E-state index >= 15 is 0 Å². The van der Waals surface area contributed by atoms with Crippen LogP contribution in [-0.2, 0) is 13.5 Å². The molecule has 2 aromatic heterocycles. The van der Waals surface area contributed by atoms with Crippen molar-refractivity contribution in [2.75, 3.05) is 0 Å². The Labute approximate surface area is 72.1 Å². The van der Waals surface area contributed by atoms with Gasteiger partial charge in [0.15, 0.2) is 0 Å². The number of hydrogen-bond donors (Lipinski definition) is 0. The van der Waals surface area contributed by atoms with Gasteiger partial charge in [-0.3, -0.25) is 0 Å². The van der Waals surface area contributed by atoms with Crippen molar-refractivity contribution in [3.8, 4) is 0 Å². The van der Waals surface area contributed by atoms with Gasteiger partial charge in [-0.15, -0.1) is 0 Å². The maximum Gasteiger partial charge on any atom is 0.285 e. The number of fused-ring (bicyclic) bond motifs is 1. The first-order chi connectivity index (χ1) is 5.81. The summed E-state index contributed by atoms with van der Waals surface area (Å²) in [5.41, 5.74) is 2.60. The van der Waals surface area contributed by atoms with Gasteiger partial charge in [0.1, 0.15) is 12.4 Å². The number of nitrogens with zero attached hydrogens (tertiary/aromatic N) is 2. The van der Waals surface area contributed by atoms with Gasteiger partial charge in [0.25, 0.3) is 5.65 Å². The van der Waals surface area contributed by atoms with Crippen LogP contribution >= 0.6 is 0 Å². The maximum atomic E-state index is 2.18. The van der Waals surface area contributed by atoms with Gasteiger partial charge in [-0.05, 0) is 18.1 Å². The molecule has 0 aliphatic heterocycles. The Kier molecular flexibility index (Phi) is 1.61. The van der Waals surface area contributed by atoms with Crippen LogP contribution in [0.2, 0.25) is 0 Å². The summed E-state index contributed by atoms with van der Waals surface area (Å²) in [7, 11) is 2.06. The zero-order valence-electron chi connectivity index (χ0n) is 7.49. The second-order valence-electron chi connectivity index (χ2n) is 3.07. The normalized spacial score (nSPS) is 10.8. The van der Waals surface area contributed by atoms with Gasteiger partial charge >= 0.3 is 0 Å². The molecule has 0 spiro atoms. The van der Waals surface area contributed by atoms with Crippen molar-refractivity contribution in [2.24, 2.45) is 7.05 Å². The molecular weight excluding hydrogens is 148 g/mol. The van der Waals surface area contributed by atoms with Crippen LogP contribution in [0.1, 0.15) is 12.5 Å². The second kappa shape index (κ2) is 2.63. The first-order valence-electron chi connectivity index (χ1n) is 4.26. The van der Waals surface area contributed by atoms with E-state index in [0.717, 1.165) is 6.42 Å². The Balaban J connectivity index is 2.69. The van der Waals surface area contributed by atoms with E-state index in [9.17, 15) is 0 Å². The molecule has 62 valence electrons. The molecule has 0 N–H and O–H groups in total. The molecular formula is C10H13N2+. The van der Waals surface area contributed by atoms with Crippen LogP contribution in [0.25, 0.3) is 5.65 Å². The summed E-state index contributed by atoms with van der Waals surface area (Å²) >= 11 is 0. The molecule has 0 radical (unpaired) electrons. The summed E-state index contributed by atoms with van der Waals surface area (Å²) in [4.78, 5) is 0. The molecule has 12 heavy (non-hydrogen) atoms. The molecule has 0 aliphatic carbocycles. The van der Waals surface area contributed by atoms with Crippen molar-refractivity contribution >= 4 is 5.65 Å². The van der Waals surface area contributed by atoms with Crippen LogP contribution in [0.4, 0.5) is 0 Å². The predicted octanol–water partition coefficient (Wildman–Crippen LogP) is 1.33. The van der Waals surface area contributed by atoms with E-state index in [2.05, 4.69) is 53.7 Å². The summed E-state index contributed by atoms with van der Waals surface area (Å²) in [6.07, 6.45) is 7.41. The average molecular weight is 161 g/mol. The second-order valence-corrected chi connectivity index (χ2v) is 3.07. The standard InChI is InChI=1S/C10H13N2/c1-3-9-4-5-10-11(2)6-7-12(10)8-9/h4-8H,3H2,1-2H3/q+1. The molecule has 0 aliphatic rings. The highest BCUT2D eigenvalue weighted by Gasteiger charge is 2.04. The molecule has 0 amide bonds. The van der Waals surface area contributed by atoms with Crippen LogP contribution in [0.15, 0.2) is 30.7 Å². The highest BCUT2D eigenvalue weighted by Crippen LogP contribution is 2.03. The molecule has 0 fully saturated rings. The first kappa shape index (κ1) is 7.35. The molecule has 2 heteroatoms. The number of pyridine rings is 1. The van der Waals surface area contributed by atoms with Gasteiger partial charge in [-0.1, -0.05) is 6.92 Å². The Bertz CT molecular complexity index is 401. The fraction of sp³-hybridized carbons (Fsp3) is 0.300. The van der Waals surface area contributed by atoms with E-state index in [0.29, 0.717) is 0 Å². The van der Waals surface area contributed by atoms with Gasteiger partial charge in [0, 0.05) is 6.07 Å². The van der Waals surface area contributed by atoms with Gasteiger partial charge in [-0.25, -0.2) is 8.97 Å². The summed E-state index contributed by atoms with van der Waals surface area (Å²) in [6.45, 7) is 2.17. The van der Waals surface area contributed by atoms with E-state index in [1.54, 1.807) is 0 Å². The van der Waals surface area contributed by atoms with Crippen LogP contribution in [0.5, 0.6) is 0 Å². The third-order valence-electron chi connectivity index (χ3n) is 2.24. The zero-order chi connectivity index (χ0) is 8.55. The van der Waals surface area contributed by atoms with Gasteiger partial charge in [0.05, 0.1) is 13.2 Å². The van der Waals surface area contributed by atoms with E-state index < -0.39 is 0 Å². The van der Waals surface area contributed by atoms with Gasteiger partial charge in [-0.2, -0.15) is 0 Å². The van der Waals surface area contributed by atoms with E-state index in [-0.39, 0.29) is 0 Å². The molecule has 2 aromatic rings. The van der Waals surface area contributed by atoms with Crippen LogP contribution < -0.4 is 4.57 Å². The number of rotatable bonds is 1. The van der Waals surface area contributed by atoms with E-state index in [1.807, 2.05) is 0 Å². The molecule has 2 nitrogen and oxygen atoms in total. The van der Waals surface area contributed by atoms with Gasteiger partial charge < -0.3 is 0 Å². The SMILES string of the molecule is CCc1ccc2n(cc[n+]2C)c1. The van der Waals surface area contributed by atoms with E-state index in [1.165, 1.54) is 11.2 Å². The fourth-order valence-electron chi connectivity index (χ4n) is 1.43. The third kappa shape index (κ3) is 0.998. The van der Waals surface area contributed by atoms with Crippen LogP contribution in [0, 0.1) is 0 Å². The Morgan fingerprint density at radius 1 is 1.42 bits per heavy atom. The number of hydrogen-bond acceptors (Lipinski definition) is 0. The van der Waals surface area contributed by atoms with Crippen molar-refractivity contribution in [1.82, 2.24) is 4.40 Å². The smallest absolute Gasteiger partial charge is 0.233 e. The molecule has 0 bridgehead atoms. The Morgan fingerprint density at radius 2 is 2.25 bits per heavy atom. The third-order valence-corrected chi connectivity index (χ3v) is 2.24. The van der Waals surface area contributed by atoms with Crippen LogP contribution in [-0.4, -0.2) is 4.40 Å². The molecule has 0 unspecified atom stereocenters. The average Bonchev–Trinajstić information content (AvgIpc) is 2.47. The van der Waals surface area contributed by atoms with Crippen molar-refractivity contribution in [3.63, 3.8) is 0 Å². The highest BCUT2D eigenvalue weighted by atomic mass is 15.1. The summed E-state index contributed by atoms with van der Waals surface area (Å²) in [6, 6.07) is 4.33. The Hall–Kier alpha value is -1.31. The van der Waals surface area contributed by atoms with Crippen molar-refractivity contribution in [1.29, 1.82) is 0 Å². The topological polar surface area (TPSA) is 8.29 Å². The molecule has 0 aromatic carbocycles. The molecule has 0 saturated carbocycles.